The van der Waals surface area contributed by atoms with Gasteiger partial charge in [-0.1, -0.05) is 0 Å². The van der Waals surface area contributed by atoms with Gasteiger partial charge in [0.15, 0.2) is 9.84 Å². The Morgan fingerprint density at radius 3 is 2.29 bits per heavy atom. The lowest BCUT2D eigenvalue weighted by Gasteiger charge is -2.10. The molecule has 0 radical (unpaired) electrons. The minimum Gasteiger partial charge on any atom is -0.491 e. The molecule has 0 aliphatic rings. The first-order chi connectivity index (χ1) is 7.95. The summed E-state index contributed by atoms with van der Waals surface area (Å²) in [5, 5.41) is 0. The smallest absolute Gasteiger partial charge is 0.178 e. The first kappa shape index (κ1) is 14.0. The van der Waals surface area contributed by atoms with Gasteiger partial charge in [0.1, 0.15) is 5.75 Å². The van der Waals surface area contributed by atoms with Gasteiger partial charge in [-0.2, -0.15) is 0 Å². The highest BCUT2D eigenvalue weighted by molar-refractivity contribution is 7.91. The van der Waals surface area contributed by atoms with Crippen LogP contribution in [-0.2, 0) is 9.84 Å². The van der Waals surface area contributed by atoms with Crippen molar-refractivity contribution in [2.45, 2.75) is 31.3 Å². The summed E-state index contributed by atoms with van der Waals surface area (Å²) in [4.78, 5) is 0.321. The summed E-state index contributed by atoms with van der Waals surface area (Å²) in [5.74, 6) is 0.770. The third kappa shape index (κ3) is 4.36. The van der Waals surface area contributed by atoms with Crippen LogP contribution in [0.2, 0.25) is 0 Å². The van der Waals surface area contributed by atoms with Crippen LogP contribution >= 0.6 is 0 Å². The van der Waals surface area contributed by atoms with Crippen molar-refractivity contribution in [3.8, 4) is 5.75 Å². The second kappa shape index (κ2) is 6.02. The molecular weight excluding hydrogens is 238 g/mol. The minimum atomic E-state index is -3.20. The Morgan fingerprint density at radius 1 is 1.24 bits per heavy atom. The Labute approximate surface area is 103 Å². The maximum Gasteiger partial charge on any atom is 0.178 e. The molecule has 0 spiro atoms. The van der Waals surface area contributed by atoms with Crippen LogP contribution in [-0.4, -0.2) is 26.8 Å². The van der Waals surface area contributed by atoms with E-state index in [1.54, 1.807) is 24.3 Å². The molecule has 1 aromatic rings. The summed E-state index contributed by atoms with van der Waals surface area (Å²) in [6.45, 7) is 4.23. The zero-order valence-corrected chi connectivity index (χ0v) is 11.0. The van der Waals surface area contributed by atoms with Gasteiger partial charge in [0.25, 0.3) is 0 Å². The Hall–Kier alpha value is -1.07. The van der Waals surface area contributed by atoms with Gasteiger partial charge in [-0.05, 0) is 51.1 Å². The number of sulfone groups is 1. The molecule has 0 fully saturated rings. The molecule has 1 rings (SSSR count). The summed E-state index contributed by atoms with van der Waals surface area (Å²) >= 11 is 0. The molecule has 0 bridgehead atoms. The van der Waals surface area contributed by atoms with E-state index in [1.165, 1.54) is 0 Å². The van der Waals surface area contributed by atoms with Crippen LogP contribution < -0.4 is 10.5 Å². The van der Waals surface area contributed by atoms with E-state index in [4.69, 9.17) is 10.5 Å². The van der Waals surface area contributed by atoms with Gasteiger partial charge in [-0.15, -0.1) is 0 Å². The van der Waals surface area contributed by atoms with E-state index in [0.717, 1.165) is 0 Å². The van der Waals surface area contributed by atoms with Crippen molar-refractivity contribution in [1.29, 1.82) is 0 Å². The molecule has 0 atom stereocenters. The van der Waals surface area contributed by atoms with Crippen molar-refractivity contribution in [2.75, 3.05) is 12.3 Å². The molecule has 0 saturated carbocycles. The van der Waals surface area contributed by atoms with Crippen LogP contribution in [0.15, 0.2) is 29.2 Å². The van der Waals surface area contributed by atoms with E-state index in [9.17, 15) is 8.42 Å². The molecule has 5 heteroatoms. The zero-order chi connectivity index (χ0) is 12.9. The fraction of sp³-hybridized carbons (Fsp3) is 0.500. The van der Waals surface area contributed by atoms with Crippen LogP contribution in [0.4, 0.5) is 0 Å². The normalized spacial score (nSPS) is 11.8. The van der Waals surface area contributed by atoms with Crippen LogP contribution in [0.25, 0.3) is 0 Å². The number of ether oxygens (including phenoxy) is 1. The van der Waals surface area contributed by atoms with E-state index < -0.39 is 9.84 Å². The lowest BCUT2D eigenvalue weighted by molar-refractivity contribution is 0.242. The lowest BCUT2D eigenvalue weighted by Crippen LogP contribution is -2.11. The molecule has 1 aromatic carbocycles. The quantitative estimate of drug-likeness (QED) is 0.840. The van der Waals surface area contributed by atoms with Gasteiger partial charge in [-0.25, -0.2) is 8.42 Å². The van der Waals surface area contributed by atoms with Crippen molar-refractivity contribution in [3.05, 3.63) is 24.3 Å². The highest BCUT2D eigenvalue weighted by Gasteiger charge is 2.13. The molecule has 96 valence electrons. The number of nitrogens with two attached hydrogens (primary N) is 1. The van der Waals surface area contributed by atoms with Crippen LogP contribution in [0.3, 0.4) is 0 Å². The predicted octanol–water partition coefficient (Wildman–Crippen LogP) is 1.60. The lowest BCUT2D eigenvalue weighted by atomic mass is 10.3. The van der Waals surface area contributed by atoms with Crippen LogP contribution in [0, 0.1) is 0 Å². The molecule has 4 nitrogen and oxygen atoms in total. The zero-order valence-electron chi connectivity index (χ0n) is 10.2. The summed E-state index contributed by atoms with van der Waals surface area (Å²) in [7, 11) is -3.20. The fourth-order valence-corrected chi connectivity index (χ4v) is 2.72. The average Bonchev–Trinajstić information content (AvgIpc) is 2.26. The highest BCUT2D eigenvalue weighted by Crippen LogP contribution is 2.18. The summed E-state index contributed by atoms with van der Waals surface area (Å²) in [5.41, 5.74) is 5.31. The van der Waals surface area contributed by atoms with Gasteiger partial charge >= 0.3 is 0 Å². The first-order valence-corrected chi connectivity index (χ1v) is 7.30. The van der Waals surface area contributed by atoms with Gasteiger partial charge < -0.3 is 10.5 Å². The largest absolute Gasteiger partial charge is 0.491 e. The summed E-state index contributed by atoms with van der Waals surface area (Å²) < 4.78 is 29.1. The fourth-order valence-electron chi connectivity index (χ4n) is 1.39. The molecule has 0 heterocycles. The van der Waals surface area contributed by atoms with Crippen molar-refractivity contribution >= 4 is 9.84 Å². The van der Waals surface area contributed by atoms with Crippen LogP contribution in [0.5, 0.6) is 5.75 Å². The number of benzene rings is 1. The number of hydrogen-bond acceptors (Lipinski definition) is 4. The topological polar surface area (TPSA) is 69.4 Å². The molecule has 0 aliphatic carbocycles. The van der Waals surface area contributed by atoms with Gasteiger partial charge in [0, 0.05) is 0 Å². The van der Waals surface area contributed by atoms with E-state index in [-0.39, 0.29) is 11.9 Å². The molecule has 2 N–H and O–H groups in total. The monoisotopic (exact) mass is 257 g/mol. The Morgan fingerprint density at radius 2 is 1.82 bits per heavy atom. The number of hydrogen-bond donors (Lipinski definition) is 1. The molecule has 0 saturated heterocycles. The predicted molar refractivity (Wildman–Crippen MR) is 67.9 cm³/mol. The van der Waals surface area contributed by atoms with Crippen molar-refractivity contribution in [1.82, 2.24) is 0 Å². The summed E-state index contributed by atoms with van der Waals surface area (Å²) in [6, 6.07) is 6.50. The van der Waals surface area contributed by atoms with Gasteiger partial charge in [-0.3, -0.25) is 0 Å². The molecule has 0 aromatic heterocycles. The van der Waals surface area contributed by atoms with Gasteiger partial charge in [0.2, 0.25) is 0 Å². The average molecular weight is 257 g/mol. The Kier molecular flexibility index (Phi) is 4.96. The molecular formula is C12H19NO3S. The maximum absolute atomic E-state index is 11.8. The molecule has 0 amide bonds. The van der Waals surface area contributed by atoms with Gasteiger partial charge in [0.05, 0.1) is 16.8 Å². The maximum atomic E-state index is 11.8. The van der Waals surface area contributed by atoms with E-state index in [2.05, 4.69) is 0 Å². The van der Waals surface area contributed by atoms with E-state index in [1.807, 2.05) is 13.8 Å². The Bertz CT molecular complexity index is 437. The summed E-state index contributed by atoms with van der Waals surface area (Å²) in [6.07, 6.45) is 0.557. The molecule has 0 aliphatic heterocycles. The third-order valence-corrected chi connectivity index (χ3v) is 3.99. The third-order valence-electron chi connectivity index (χ3n) is 2.17. The molecule has 17 heavy (non-hydrogen) atoms. The Balaban J connectivity index is 2.80. The minimum absolute atomic E-state index is 0.0784. The standard InChI is InChI=1S/C12H19NO3S/c1-10(2)16-11-4-6-12(7-5-11)17(14,15)9-3-8-13/h4-7,10H,3,8-9,13H2,1-2H3. The second-order valence-electron chi connectivity index (χ2n) is 4.10. The van der Waals surface area contributed by atoms with E-state index >= 15 is 0 Å². The van der Waals surface area contributed by atoms with E-state index in [0.29, 0.717) is 23.6 Å². The van der Waals surface area contributed by atoms with Crippen molar-refractivity contribution in [2.24, 2.45) is 5.73 Å². The van der Waals surface area contributed by atoms with Crippen molar-refractivity contribution < 1.29 is 13.2 Å². The molecule has 0 unspecified atom stereocenters. The van der Waals surface area contributed by atoms with Crippen LogP contribution in [0.1, 0.15) is 20.3 Å². The van der Waals surface area contributed by atoms with Crippen molar-refractivity contribution in [3.63, 3.8) is 0 Å². The first-order valence-electron chi connectivity index (χ1n) is 5.65. The highest BCUT2D eigenvalue weighted by atomic mass is 32.2. The SMILES string of the molecule is CC(C)Oc1ccc(S(=O)(=O)CCCN)cc1. The second-order valence-corrected chi connectivity index (χ2v) is 6.21. The number of rotatable bonds is 6.